The topological polar surface area (TPSA) is 95.7 Å². The first-order valence-corrected chi connectivity index (χ1v) is 8.31. The second-order valence-electron chi connectivity index (χ2n) is 5.10. The lowest BCUT2D eigenvalue weighted by Gasteiger charge is -2.11. The van der Waals surface area contributed by atoms with E-state index in [0.29, 0.717) is 5.56 Å². The van der Waals surface area contributed by atoms with Crippen molar-refractivity contribution in [2.75, 3.05) is 13.2 Å². The maximum atomic E-state index is 12.6. The van der Waals surface area contributed by atoms with E-state index in [-0.39, 0.29) is 45.9 Å². The van der Waals surface area contributed by atoms with Crippen LogP contribution in [0.3, 0.4) is 0 Å². The smallest absolute Gasteiger partial charge is 0.344 e. The lowest BCUT2D eigenvalue weighted by atomic mass is 10.0. The van der Waals surface area contributed by atoms with Crippen molar-refractivity contribution in [1.82, 2.24) is 0 Å². The third-order valence-corrected chi connectivity index (χ3v) is 4.24. The average molecular weight is 396 g/mol. The second-order valence-corrected chi connectivity index (χ2v) is 5.86. The number of rotatable bonds is 7. The summed E-state index contributed by atoms with van der Waals surface area (Å²) in [5.41, 5.74) is 5.93. The number of nitrogens with two attached hydrogens (primary N) is 1. The highest BCUT2D eigenvalue weighted by Gasteiger charge is 2.19. The molecule has 0 unspecified atom stereocenters. The Bertz CT molecular complexity index is 849. The molecule has 2 N–H and O–H groups in total. The van der Waals surface area contributed by atoms with E-state index in [1.807, 2.05) is 0 Å². The summed E-state index contributed by atoms with van der Waals surface area (Å²) in [4.78, 5) is 35.0. The molecule has 0 fully saturated rings. The number of benzene rings is 2. The molecule has 0 saturated heterocycles. The van der Waals surface area contributed by atoms with Crippen molar-refractivity contribution in [3.63, 3.8) is 0 Å². The molecule has 0 aliphatic rings. The predicted molar refractivity (Wildman–Crippen MR) is 97.0 cm³/mol. The largest absolute Gasteiger partial charge is 0.480 e. The highest BCUT2D eigenvalue weighted by atomic mass is 35.5. The van der Waals surface area contributed by atoms with Gasteiger partial charge in [-0.05, 0) is 31.2 Å². The fourth-order valence-electron chi connectivity index (χ4n) is 2.10. The van der Waals surface area contributed by atoms with Gasteiger partial charge in [0.15, 0.2) is 12.4 Å². The zero-order chi connectivity index (χ0) is 19.3. The fraction of sp³-hybridized carbons (Fsp3) is 0.167. The van der Waals surface area contributed by atoms with E-state index in [4.69, 9.17) is 38.4 Å². The lowest BCUT2D eigenvalue weighted by Crippen LogP contribution is -2.15. The maximum absolute atomic E-state index is 12.6. The summed E-state index contributed by atoms with van der Waals surface area (Å²) in [5.74, 6) is -1.36. The van der Waals surface area contributed by atoms with Gasteiger partial charge < -0.3 is 15.2 Å². The number of esters is 1. The summed E-state index contributed by atoms with van der Waals surface area (Å²) in [7, 11) is 0. The molecule has 0 heterocycles. The minimum Gasteiger partial charge on any atom is -0.480 e. The number of ketones is 1. The Kier molecular flexibility index (Phi) is 6.60. The van der Waals surface area contributed by atoms with Crippen LogP contribution in [0.5, 0.6) is 5.75 Å². The van der Waals surface area contributed by atoms with Gasteiger partial charge in [0.05, 0.1) is 11.6 Å². The molecule has 26 heavy (non-hydrogen) atoms. The standard InChI is InChI=1S/C18H15Cl2NO5/c1-2-25-14(22)9-26-13-8-7-12(15(19)16(13)20)17(23)10-3-5-11(6-4-10)18(21)24/h3-8H,2,9H2,1H3,(H2,21,24). The number of hydrogen-bond donors (Lipinski definition) is 1. The van der Waals surface area contributed by atoms with Gasteiger partial charge in [0.2, 0.25) is 5.91 Å². The molecule has 136 valence electrons. The molecule has 1 amide bonds. The molecular formula is C18H15Cl2NO5. The Balaban J connectivity index is 2.22. The fourth-order valence-corrected chi connectivity index (χ4v) is 2.56. The monoisotopic (exact) mass is 395 g/mol. The second kappa shape index (κ2) is 8.69. The highest BCUT2D eigenvalue weighted by molar-refractivity contribution is 6.45. The van der Waals surface area contributed by atoms with Gasteiger partial charge in [-0.1, -0.05) is 35.3 Å². The van der Waals surface area contributed by atoms with Gasteiger partial charge in [0, 0.05) is 16.7 Å². The molecule has 0 bridgehead atoms. The van der Waals surface area contributed by atoms with E-state index < -0.39 is 11.9 Å². The molecule has 2 aromatic carbocycles. The first-order valence-electron chi connectivity index (χ1n) is 7.56. The molecule has 0 aliphatic carbocycles. The SMILES string of the molecule is CCOC(=O)COc1ccc(C(=O)c2ccc(C(N)=O)cc2)c(Cl)c1Cl. The van der Waals surface area contributed by atoms with Crippen LogP contribution in [0.1, 0.15) is 33.2 Å². The number of ether oxygens (including phenoxy) is 2. The van der Waals surface area contributed by atoms with Gasteiger partial charge >= 0.3 is 5.97 Å². The van der Waals surface area contributed by atoms with E-state index in [1.54, 1.807) is 6.92 Å². The molecule has 6 nitrogen and oxygen atoms in total. The van der Waals surface area contributed by atoms with Crippen molar-refractivity contribution in [3.05, 3.63) is 63.1 Å². The quantitative estimate of drug-likeness (QED) is 0.573. The normalized spacial score (nSPS) is 10.3. The summed E-state index contributed by atoms with van der Waals surface area (Å²) >= 11 is 12.3. The molecule has 0 radical (unpaired) electrons. The van der Waals surface area contributed by atoms with Crippen molar-refractivity contribution in [3.8, 4) is 5.75 Å². The van der Waals surface area contributed by atoms with Crippen molar-refractivity contribution in [1.29, 1.82) is 0 Å². The van der Waals surface area contributed by atoms with Crippen LogP contribution in [-0.4, -0.2) is 30.9 Å². The maximum Gasteiger partial charge on any atom is 0.344 e. The van der Waals surface area contributed by atoms with Gasteiger partial charge in [-0.3, -0.25) is 9.59 Å². The molecule has 0 aromatic heterocycles. The van der Waals surface area contributed by atoms with Crippen molar-refractivity contribution in [2.24, 2.45) is 5.73 Å². The Morgan fingerprint density at radius 1 is 0.962 bits per heavy atom. The molecule has 2 rings (SSSR count). The number of carbonyl (C=O) groups excluding carboxylic acids is 3. The Hall–Kier alpha value is -2.57. The molecule has 0 spiro atoms. The molecule has 0 atom stereocenters. The summed E-state index contributed by atoms with van der Waals surface area (Å²) in [6.07, 6.45) is 0. The Morgan fingerprint density at radius 3 is 2.15 bits per heavy atom. The summed E-state index contributed by atoms with van der Waals surface area (Å²) in [6, 6.07) is 8.72. The number of hydrogen-bond acceptors (Lipinski definition) is 5. The highest BCUT2D eigenvalue weighted by Crippen LogP contribution is 2.35. The summed E-state index contributed by atoms with van der Waals surface area (Å²) < 4.78 is 10.0. The van der Waals surface area contributed by atoms with Gasteiger partial charge in [-0.15, -0.1) is 0 Å². The van der Waals surface area contributed by atoms with Crippen LogP contribution in [0.25, 0.3) is 0 Å². The number of carbonyl (C=O) groups is 3. The van der Waals surface area contributed by atoms with Gasteiger partial charge in [0.25, 0.3) is 0 Å². The van der Waals surface area contributed by atoms with E-state index in [9.17, 15) is 14.4 Å². The molecule has 0 aliphatic heterocycles. The van der Waals surface area contributed by atoms with Gasteiger partial charge in [-0.2, -0.15) is 0 Å². The minimum absolute atomic E-state index is 0.00277. The van der Waals surface area contributed by atoms with Crippen LogP contribution in [-0.2, 0) is 9.53 Å². The average Bonchev–Trinajstić information content (AvgIpc) is 2.62. The first kappa shape index (κ1) is 19.8. The van der Waals surface area contributed by atoms with E-state index in [1.165, 1.54) is 36.4 Å². The molecular weight excluding hydrogens is 381 g/mol. The van der Waals surface area contributed by atoms with Gasteiger partial charge in [-0.25, -0.2) is 4.79 Å². The van der Waals surface area contributed by atoms with Crippen molar-refractivity contribution in [2.45, 2.75) is 6.92 Å². The third kappa shape index (κ3) is 4.53. The van der Waals surface area contributed by atoms with Crippen molar-refractivity contribution < 1.29 is 23.9 Å². The third-order valence-electron chi connectivity index (χ3n) is 3.37. The number of primary amides is 1. The minimum atomic E-state index is -0.590. The number of halogens is 2. The molecule has 0 saturated carbocycles. The van der Waals surface area contributed by atoms with Crippen LogP contribution in [0.15, 0.2) is 36.4 Å². The Labute approximate surface area is 159 Å². The summed E-state index contributed by atoms with van der Waals surface area (Å²) in [5, 5.41) is 0.00701. The van der Waals surface area contributed by atoms with E-state index >= 15 is 0 Å². The lowest BCUT2D eigenvalue weighted by molar-refractivity contribution is -0.145. The van der Waals surface area contributed by atoms with Crippen LogP contribution in [0.2, 0.25) is 10.0 Å². The van der Waals surface area contributed by atoms with Crippen LogP contribution < -0.4 is 10.5 Å². The Morgan fingerprint density at radius 2 is 1.58 bits per heavy atom. The first-order chi connectivity index (χ1) is 12.3. The predicted octanol–water partition coefficient (Wildman–Crippen LogP) is 3.27. The zero-order valence-electron chi connectivity index (χ0n) is 13.8. The van der Waals surface area contributed by atoms with Gasteiger partial charge in [0.1, 0.15) is 10.8 Å². The van der Waals surface area contributed by atoms with Crippen LogP contribution >= 0.6 is 23.2 Å². The number of amides is 1. The van der Waals surface area contributed by atoms with Crippen LogP contribution in [0.4, 0.5) is 0 Å². The van der Waals surface area contributed by atoms with E-state index in [2.05, 4.69) is 0 Å². The molecule has 8 heteroatoms. The zero-order valence-corrected chi connectivity index (χ0v) is 15.3. The van der Waals surface area contributed by atoms with Crippen LogP contribution in [0, 0.1) is 0 Å². The molecule has 2 aromatic rings. The van der Waals surface area contributed by atoms with Crippen molar-refractivity contribution >= 4 is 40.9 Å². The van der Waals surface area contributed by atoms with E-state index in [0.717, 1.165) is 0 Å². The summed E-state index contributed by atoms with van der Waals surface area (Å²) in [6.45, 7) is 1.59.